The molecule has 0 fully saturated rings. The summed E-state index contributed by atoms with van der Waals surface area (Å²) in [6.45, 7) is 3.85. The van der Waals surface area contributed by atoms with E-state index in [1.165, 1.54) is 7.11 Å². The maximum atomic E-state index is 13.6. The lowest BCUT2D eigenvalue weighted by Gasteiger charge is -2.18. The lowest BCUT2D eigenvalue weighted by Crippen LogP contribution is -2.17. The monoisotopic (exact) mass is 244 g/mol. The van der Waals surface area contributed by atoms with Crippen molar-refractivity contribution in [3.63, 3.8) is 0 Å². The van der Waals surface area contributed by atoms with E-state index in [1.807, 2.05) is 13.8 Å². The van der Waals surface area contributed by atoms with E-state index in [1.54, 1.807) is 0 Å². The second kappa shape index (κ2) is 5.96. The average Bonchev–Trinajstić information content (AvgIpc) is 2.29. The van der Waals surface area contributed by atoms with Crippen LogP contribution in [-0.4, -0.2) is 18.8 Å². The number of benzene rings is 1. The highest BCUT2D eigenvalue weighted by Crippen LogP contribution is 2.25. The Hall–Kier alpha value is -1.16. The van der Waals surface area contributed by atoms with Crippen LogP contribution >= 0.6 is 0 Å². The Morgan fingerprint density at radius 3 is 2.35 bits per heavy atom. The minimum Gasteiger partial charge on any atom is -0.494 e. The summed E-state index contributed by atoms with van der Waals surface area (Å²) >= 11 is 0. The zero-order valence-electron chi connectivity index (χ0n) is 10.3. The highest BCUT2D eigenvalue weighted by atomic mass is 19.1. The molecule has 1 aromatic rings. The van der Waals surface area contributed by atoms with Gasteiger partial charge in [0.25, 0.3) is 0 Å². The van der Waals surface area contributed by atoms with Crippen molar-refractivity contribution in [2.45, 2.75) is 20.3 Å². The molecule has 1 atom stereocenters. The van der Waals surface area contributed by atoms with Gasteiger partial charge in [-0.05, 0) is 29.9 Å². The first-order valence-corrected chi connectivity index (χ1v) is 5.62. The molecule has 4 heteroatoms. The molecule has 1 N–H and O–H groups in total. The quantitative estimate of drug-likeness (QED) is 0.863. The van der Waals surface area contributed by atoms with Crippen LogP contribution in [0.5, 0.6) is 5.75 Å². The average molecular weight is 244 g/mol. The van der Waals surface area contributed by atoms with Crippen LogP contribution in [0.2, 0.25) is 0 Å². The predicted molar refractivity (Wildman–Crippen MR) is 62.0 cm³/mol. The lowest BCUT2D eigenvalue weighted by molar-refractivity contribution is 0.188. The zero-order valence-corrected chi connectivity index (χ0v) is 10.3. The minimum absolute atomic E-state index is 0.0369. The normalized spacial score (nSPS) is 12.9. The van der Waals surface area contributed by atoms with Gasteiger partial charge >= 0.3 is 0 Å². The van der Waals surface area contributed by atoms with Crippen LogP contribution < -0.4 is 4.74 Å². The van der Waals surface area contributed by atoms with Crippen LogP contribution in [0.4, 0.5) is 8.78 Å². The van der Waals surface area contributed by atoms with E-state index in [0.717, 1.165) is 12.1 Å². The molecule has 2 nitrogen and oxygen atoms in total. The van der Waals surface area contributed by atoms with Gasteiger partial charge in [-0.15, -0.1) is 0 Å². The lowest BCUT2D eigenvalue weighted by atomic mass is 9.90. The molecule has 0 aromatic heterocycles. The van der Waals surface area contributed by atoms with Crippen molar-refractivity contribution >= 4 is 0 Å². The Balaban J connectivity index is 2.95. The number of hydrogen-bond acceptors (Lipinski definition) is 2. The van der Waals surface area contributed by atoms with Crippen LogP contribution in [0.3, 0.4) is 0 Å². The number of aliphatic hydroxyl groups excluding tert-OH is 1. The van der Waals surface area contributed by atoms with Crippen molar-refractivity contribution in [2.24, 2.45) is 11.8 Å². The highest BCUT2D eigenvalue weighted by molar-refractivity contribution is 5.31. The largest absolute Gasteiger partial charge is 0.494 e. The molecule has 0 amide bonds. The van der Waals surface area contributed by atoms with Gasteiger partial charge in [-0.3, -0.25) is 0 Å². The molecule has 0 aliphatic carbocycles. The van der Waals surface area contributed by atoms with E-state index in [2.05, 4.69) is 0 Å². The number of aliphatic hydroxyl groups is 1. The van der Waals surface area contributed by atoms with Crippen molar-refractivity contribution in [1.82, 2.24) is 0 Å². The first kappa shape index (κ1) is 13.9. The molecule has 17 heavy (non-hydrogen) atoms. The van der Waals surface area contributed by atoms with Gasteiger partial charge in [0.05, 0.1) is 7.11 Å². The summed E-state index contributed by atoms with van der Waals surface area (Å²) in [5, 5.41) is 9.18. The van der Waals surface area contributed by atoms with Gasteiger partial charge < -0.3 is 9.84 Å². The van der Waals surface area contributed by atoms with Crippen molar-refractivity contribution in [3.8, 4) is 5.75 Å². The molecule has 1 aromatic carbocycles. The first-order chi connectivity index (χ1) is 7.99. The number of methoxy groups -OCH3 is 1. The van der Waals surface area contributed by atoms with Crippen LogP contribution in [0.25, 0.3) is 0 Å². The van der Waals surface area contributed by atoms with Gasteiger partial charge in [-0.2, -0.15) is 0 Å². The highest BCUT2D eigenvalue weighted by Gasteiger charge is 2.17. The van der Waals surface area contributed by atoms with Gasteiger partial charge in [-0.25, -0.2) is 8.78 Å². The fourth-order valence-corrected chi connectivity index (χ4v) is 1.68. The molecule has 0 saturated heterocycles. The molecule has 0 aliphatic rings. The van der Waals surface area contributed by atoms with Crippen molar-refractivity contribution < 1.29 is 18.6 Å². The van der Waals surface area contributed by atoms with Crippen LogP contribution in [0, 0.1) is 23.5 Å². The van der Waals surface area contributed by atoms with E-state index >= 15 is 0 Å². The van der Waals surface area contributed by atoms with Crippen molar-refractivity contribution in [1.29, 1.82) is 0 Å². The third-order valence-corrected chi connectivity index (χ3v) is 2.98. The van der Waals surface area contributed by atoms with Gasteiger partial charge in [-0.1, -0.05) is 13.8 Å². The molecule has 0 spiro atoms. The molecule has 0 bridgehead atoms. The van der Waals surface area contributed by atoms with E-state index in [9.17, 15) is 13.9 Å². The fourth-order valence-electron chi connectivity index (χ4n) is 1.68. The number of ether oxygens (including phenoxy) is 1. The van der Waals surface area contributed by atoms with Crippen LogP contribution in [0.15, 0.2) is 12.1 Å². The van der Waals surface area contributed by atoms with E-state index < -0.39 is 11.6 Å². The summed E-state index contributed by atoms with van der Waals surface area (Å²) in [4.78, 5) is 0. The van der Waals surface area contributed by atoms with E-state index in [4.69, 9.17) is 4.74 Å². The summed E-state index contributed by atoms with van der Waals surface area (Å²) in [5.74, 6) is -1.04. The Labute approximate surface area is 100 Å². The van der Waals surface area contributed by atoms with Crippen molar-refractivity contribution in [3.05, 3.63) is 29.3 Å². The minimum atomic E-state index is -0.579. The Morgan fingerprint density at radius 1 is 1.24 bits per heavy atom. The number of halogens is 2. The summed E-state index contributed by atoms with van der Waals surface area (Å²) < 4.78 is 31.8. The number of hydrogen-bond donors (Lipinski definition) is 1. The second-order valence-electron chi connectivity index (χ2n) is 4.47. The third kappa shape index (κ3) is 3.40. The van der Waals surface area contributed by atoms with Crippen molar-refractivity contribution in [2.75, 3.05) is 13.7 Å². The van der Waals surface area contributed by atoms with Gasteiger partial charge in [0, 0.05) is 12.7 Å². The van der Waals surface area contributed by atoms with E-state index in [-0.39, 0.29) is 29.8 Å². The molecular weight excluding hydrogens is 226 g/mol. The topological polar surface area (TPSA) is 29.5 Å². The molecule has 1 rings (SSSR count). The van der Waals surface area contributed by atoms with E-state index in [0.29, 0.717) is 6.42 Å². The molecule has 96 valence electrons. The smallest absolute Gasteiger partial charge is 0.165 e. The molecule has 0 heterocycles. The molecular formula is C13H18F2O2. The first-order valence-electron chi connectivity index (χ1n) is 5.62. The zero-order chi connectivity index (χ0) is 13.0. The summed E-state index contributed by atoms with van der Waals surface area (Å²) in [6.07, 6.45) is 0.320. The fraction of sp³-hybridized carbons (Fsp3) is 0.538. The third-order valence-electron chi connectivity index (χ3n) is 2.98. The SMILES string of the molecule is COc1cc(F)c(CC(CO)C(C)C)cc1F. The van der Waals surface area contributed by atoms with Crippen LogP contribution in [0.1, 0.15) is 19.4 Å². The maximum Gasteiger partial charge on any atom is 0.165 e. The standard InChI is InChI=1S/C13H18F2O2/c1-8(2)10(7-16)4-9-5-12(15)13(17-3)6-11(9)14/h5-6,8,10,16H,4,7H2,1-3H3. The Bertz CT molecular complexity index is 378. The summed E-state index contributed by atoms with van der Waals surface area (Å²) in [5.41, 5.74) is 0.274. The Morgan fingerprint density at radius 2 is 1.88 bits per heavy atom. The summed E-state index contributed by atoms with van der Waals surface area (Å²) in [6, 6.07) is 2.18. The maximum absolute atomic E-state index is 13.6. The predicted octanol–water partition coefficient (Wildman–Crippen LogP) is 2.78. The molecule has 0 saturated carbocycles. The molecule has 0 aliphatic heterocycles. The summed E-state index contributed by atoms with van der Waals surface area (Å²) in [7, 11) is 1.29. The van der Waals surface area contributed by atoms with Crippen LogP contribution in [-0.2, 0) is 6.42 Å². The Kier molecular flexibility index (Phi) is 4.87. The van der Waals surface area contributed by atoms with Gasteiger partial charge in [0.2, 0.25) is 0 Å². The second-order valence-corrected chi connectivity index (χ2v) is 4.47. The molecule has 0 radical (unpaired) electrons. The molecule has 1 unspecified atom stereocenters. The van der Waals surface area contributed by atoms with Gasteiger partial charge in [0.15, 0.2) is 11.6 Å². The van der Waals surface area contributed by atoms with Gasteiger partial charge in [0.1, 0.15) is 5.82 Å². The number of rotatable bonds is 5.